The van der Waals surface area contributed by atoms with Crippen LogP contribution in [0.2, 0.25) is 0 Å². The first kappa shape index (κ1) is 10.7. The summed E-state index contributed by atoms with van der Waals surface area (Å²) >= 11 is 0. The molecule has 0 bridgehead atoms. The second-order valence-electron chi connectivity index (χ2n) is 3.82. The van der Waals surface area contributed by atoms with Crippen molar-refractivity contribution >= 4 is 17.6 Å². The van der Waals surface area contributed by atoms with Gasteiger partial charge < -0.3 is 10.6 Å². The maximum absolute atomic E-state index is 11.8. The van der Waals surface area contributed by atoms with Crippen molar-refractivity contribution in [1.82, 2.24) is 15.5 Å². The van der Waals surface area contributed by atoms with Crippen molar-refractivity contribution in [3.05, 3.63) is 11.8 Å². The van der Waals surface area contributed by atoms with Gasteiger partial charge in [0.05, 0.1) is 12.1 Å². The number of aromatic nitrogens is 2. The van der Waals surface area contributed by atoms with E-state index >= 15 is 0 Å². The third-order valence-electron chi connectivity index (χ3n) is 2.70. The Bertz CT molecular complexity index is 413. The number of carbonyl (C=O) groups is 2. The van der Waals surface area contributed by atoms with E-state index in [2.05, 4.69) is 20.8 Å². The van der Waals surface area contributed by atoms with Gasteiger partial charge in [-0.1, -0.05) is 6.92 Å². The van der Waals surface area contributed by atoms with E-state index in [0.29, 0.717) is 12.4 Å². The summed E-state index contributed by atoms with van der Waals surface area (Å²) in [5.41, 5.74) is 0.964. The maximum atomic E-state index is 11.8. The third kappa shape index (κ3) is 2.05. The van der Waals surface area contributed by atoms with Crippen molar-refractivity contribution in [1.29, 1.82) is 0 Å². The van der Waals surface area contributed by atoms with Crippen molar-refractivity contribution in [2.75, 3.05) is 11.9 Å². The topological polar surface area (TPSA) is 86.9 Å². The van der Waals surface area contributed by atoms with Gasteiger partial charge in [-0.25, -0.2) is 0 Å². The summed E-state index contributed by atoms with van der Waals surface area (Å²) < 4.78 is 0. The van der Waals surface area contributed by atoms with Crippen LogP contribution in [0.15, 0.2) is 6.20 Å². The Balaban J connectivity index is 1.99. The molecule has 0 aliphatic carbocycles. The lowest BCUT2D eigenvalue weighted by atomic mass is 10.1. The standard InChI is InChI=1S/C10H14N4O2/c1-2-6-5-12-14-9(6)13-10(16)7-3-8(15)11-4-7/h5,7H,2-4H2,1H3,(H,11,15)(H2,12,13,14,16). The largest absolute Gasteiger partial charge is 0.355 e. The second kappa shape index (κ2) is 4.34. The molecule has 6 heteroatoms. The van der Waals surface area contributed by atoms with Gasteiger partial charge in [-0.2, -0.15) is 5.10 Å². The number of nitrogens with one attached hydrogen (secondary N) is 3. The third-order valence-corrected chi connectivity index (χ3v) is 2.70. The van der Waals surface area contributed by atoms with Crippen LogP contribution in [-0.4, -0.2) is 28.6 Å². The Morgan fingerprint density at radius 2 is 2.50 bits per heavy atom. The zero-order valence-electron chi connectivity index (χ0n) is 9.04. The quantitative estimate of drug-likeness (QED) is 0.675. The number of amides is 2. The van der Waals surface area contributed by atoms with E-state index in [1.165, 1.54) is 0 Å². The average molecular weight is 222 g/mol. The highest BCUT2D eigenvalue weighted by atomic mass is 16.2. The average Bonchev–Trinajstić information content (AvgIpc) is 2.86. The molecule has 1 atom stereocenters. The Labute approximate surface area is 92.8 Å². The number of rotatable bonds is 3. The first-order chi connectivity index (χ1) is 7.70. The minimum Gasteiger partial charge on any atom is -0.355 e. The van der Waals surface area contributed by atoms with Gasteiger partial charge in [0.25, 0.3) is 0 Å². The molecule has 6 nitrogen and oxygen atoms in total. The number of nitrogens with zero attached hydrogens (tertiary/aromatic N) is 1. The van der Waals surface area contributed by atoms with Crippen LogP contribution in [0.4, 0.5) is 5.82 Å². The predicted octanol–water partition coefficient (Wildman–Crippen LogP) is 0.0467. The summed E-state index contributed by atoms with van der Waals surface area (Å²) in [6.07, 6.45) is 2.75. The van der Waals surface area contributed by atoms with Crippen molar-refractivity contribution < 1.29 is 9.59 Å². The number of aromatic amines is 1. The second-order valence-corrected chi connectivity index (χ2v) is 3.82. The summed E-state index contributed by atoms with van der Waals surface area (Å²) in [5, 5.41) is 12.0. The summed E-state index contributed by atoms with van der Waals surface area (Å²) in [4.78, 5) is 22.7. The lowest BCUT2D eigenvalue weighted by Gasteiger charge is -2.08. The minimum absolute atomic E-state index is 0.0690. The normalized spacial score (nSPS) is 19.6. The summed E-state index contributed by atoms with van der Waals surface area (Å²) in [5.74, 6) is 0.144. The summed E-state index contributed by atoms with van der Waals surface area (Å²) in [7, 11) is 0. The molecule has 1 aromatic rings. The van der Waals surface area contributed by atoms with Gasteiger partial charge in [0.1, 0.15) is 5.82 Å². The molecule has 0 aromatic carbocycles. The molecule has 1 fully saturated rings. The monoisotopic (exact) mass is 222 g/mol. The van der Waals surface area contributed by atoms with Crippen LogP contribution in [0.1, 0.15) is 18.9 Å². The van der Waals surface area contributed by atoms with Gasteiger partial charge in [-0.15, -0.1) is 0 Å². The van der Waals surface area contributed by atoms with Gasteiger partial charge in [0, 0.05) is 18.5 Å². The van der Waals surface area contributed by atoms with Gasteiger partial charge in [-0.3, -0.25) is 14.7 Å². The van der Waals surface area contributed by atoms with E-state index in [4.69, 9.17) is 0 Å². The zero-order chi connectivity index (χ0) is 11.5. The number of anilines is 1. The molecule has 0 spiro atoms. The van der Waals surface area contributed by atoms with E-state index in [1.54, 1.807) is 6.20 Å². The first-order valence-electron chi connectivity index (χ1n) is 5.30. The highest BCUT2D eigenvalue weighted by molar-refractivity contribution is 5.96. The number of carbonyl (C=O) groups excluding carboxylic acids is 2. The van der Waals surface area contributed by atoms with Crippen molar-refractivity contribution in [2.24, 2.45) is 5.92 Å². The van der Waals surface area contributed by atoms with Crippen LogP contribution >= 0.6 is 0 Å². The van der Waals surface area contributed by atoms with Gasteiger partial charge in [0.15, 0.2) is 0 Å². The number of aryl methyl sites for hydroxylation is 1. The minimum atomic E-state index is -0.277. The molecule has 0 saturated carbocycles. The molecule has 16 heavy (non-hydrogen) atoms. The Hall–Kier alpha value is -1.85. The Kier molecular flexibility index (Phi) is 2.89. The molecular weight excluding hydrogens is 208 g/mol. The van der Waals surface area contributed by atoms with Gasteiger partial charge in [0.2, 0.25) is 11.8 Å². The molecule has 86 valence electrons. The van der Waals surface area contributed by atoms with Crippen LogP contribution in [0, 0.1) is 5.92 Å². The fourth-order valence-electron chi connectivity index (χ4n) is 1.70. The van der Waals surface area contributed by atoms with Crippen molar-refractivity contribution in [2.45, 2.75) is 19.8 Å². The van der Waals surface area contributed by atoms with Crippen molar-refractivity contribution in [3.63, 3.8) is 0 Å². The number of H-pyrrole nitrogens is 1. The van der Waals surface area contributed by atoms with E-state index in [-0.39, 0.29) is 24.2 Å². The van der Waals surface area contributed by atoms with E-state index < -0.39 is 0 Å². The molecule has 2 heterocycles. The SMILES string of the molecule is CCc1cn[nH]c1NC(=O)C1CNC(=O)C1. The lowest BCUT2D eigenvalue weighted by molar-refractivity contribution is -0.123. The molecule has 0 radical (unpaired) electrons. The van der Waals surface area contributed by atoms with Crippen LogP contribution in [-0.2, 0) is 16.0 Å². The van der Waals surface area contributed by atoms with Crippen LogP contribution in [0.5, 0.6) is 0 Å². The molecular formula is C10H14N4O2. The molecule has 3 N–H and O–H groups in total. The maximum Gasteiger partial charge on any atom is 0.230 e. The summed E-state index contributed by atoms with van der Waals surface area (Å²) in [6.45, 7) is 2.40. The molecule has 2 rings (SSSR count). The summed E-state index contributed by atoms with van der Waals surface area (Å²) in [6, 6.07) is 0. The first-order valence-corrected chi connectivity index (χ1v) is 5.30. The Morgan fingerprint density at radius 3 is 3.12 bits per heavy atom. The molecule has 1 aliphatic rings. The van der Waals surface area contributed by atoms with Crippen LogP contribution in [0.3, 0.4) is 0 Å². The highest BCUT2D eigenvalue weighted by Crippen LogP contribution is 2.15. The smallest absolute Gasteiger partial charge is 0.230 e. The Morgan fingerprint density at radius 1 is 1.69 bits per heavy atom. The van der Waals surface area contributed by atoms with Gasteiger partial charge >= 0.3 is 0 Å². The number of hydrogen-bond donors (Lipinski definition) is 3. The fourth-order valence-corrected chi connectivity index (χ4v) is 1.70. The zero-order valence-corrected chi connectivity index (χ0v) is 9.04. The van der Waals surface area contributed by atoms with Crippen molar-refractivity contribution in [3.8, 4) is 0 Å². The molecule has 1 saturated heterocycles. The predicted molar refractivity (Wildman–Crippen MR) is 57.7 cm³/mol. The number of hydrogen-bond acceptors (Lipinski definition) is 3. The van der Waals surface area contributed by atoms with E-state index in [1.807, 2.05) is 6.92 Å². The molecule has 2 amide bonds. The molecule has 1 aromatic heterocycles. The van der Waals surface area contributed by atoms with E-state index in [9.17, 15) is 9.59 Å². The van der Waals surface area contributed by atoms with E-state index in [0.717, 1.165) is 12.0 Å². The lowest BCUT2D eigenvalue weighted by Crippen LogP contribution is -2.25. The van der Waals surface area contributed by atoms with Gasteiger partial charge in [-0.05, 0) is 6.42 Å². The van der Waals surface area contributed by atoms with Crippen LogP contribution in [0.25, 0.3) is 0 Å². The molecule has 1 unspecified atom stereocenters. The highest BCUT2D eigenvalue weighted by Gasteiger charge is 2.28. The molecule has 1 aliphatic heterocycles. The van der Waals surface area contributed by atoms with Crippen LogP contribution < -0.4 is 10.6 Å². The fraction of sp³-hybridized carbons (Fsp3) is 0.500.